The third kappa shape index (κ3) is 1.66. The van der Waals surface area contributed by atoms with Crippen molar-refractivity contribution in [2.75, 3.05) is 0 Å². The van der Waals surface area contributed by atoms with Gasteiger partial charge in [-0.25, -0.2) is 0 Å². The van der Waals surface area contributed by atoms with Crippen LogP contribution in [0.15, 0.2) is 29.6 Å². The Balaban J connectivity index is 1.98. The Bertz CT molecular complexity index is 498. The van der Waals surface area contributed by atoms with Crippen LogP contribution in [0.1, 0.15) is 31.4 Å². The van der Waals surface area contributed by atoms with Crippen LogP contribution in [0.5, 0.6) is 0 Å². The van der Waals surface area contributed by atoms with Gasteiger partial charge in [-0.2, -0.15) is 0 Å². The van der Waals surface area contributed by atoms with E-state index in [-0.39, 0.29) is 6.04 Å². The van der Waals surface area contributed by atoms with Crippen molar-refractivity contribution in [1.29, 1.82) is 0 Å². The van der Waals surface area contributed by atoms with Crippen LogP contribution >= 0.6 is 11.3 Å². The van der Waals surface area contributed by atoms with Crippen molar-refractivity contribution >= 4 is 21.4 Å². The number of nitrogens with two attached hydrogens (primary N) is 1. The predicted molar refractivity (Wildman–Crippen MR) is 70.6 cm³/mol. The van der Waals surface area contributed by atoms with Crippen molar-refractivity contribution in [3.8, 4) is 0 Å². The molecule has 84 valence electrons. The molecule has 3 rings (SSSR count). The molecule has 1 heterocycles. The summed E-state index contributed by atoms with van der Waals surface area (Å²) in [6.07, 6.45) is 2.74. The molecule has 16 heavy (non-hydrogen) atoms. The lowest BCUT2D eigenvalue weighted by Crippen LogP contribution is -2.20. The molecular formula is C14H17NS. The molecule has 2 atom stereocenters. The summed E-state index contributed by atoms with van der Waals surface area (Å²) in [5.74, 6) is 1.49. The van der Waals surface area contributed by atoms with E-state index in [0.717, 1.165) is 5.92 Å². The fraction of sp³-hybridized carbons (Fsp3) is 0.429. The summed E-state index contributed by atoms with van der Waals surface area (Å²) in [7, 11) is 0. The van der Waals surface area contributed by atoms with E-state index in [9.17, 15) is 0 Å². The third-order valence-corrected chi connectivity index (χ3v) is 4.78. The summed E-state index contributed by atoms with van der Waals surface area (Å²) in [6, 6.07) is 8.79. The van der Waals surface area contributed by atoms with Crippen LogP contribution in [0, 0.1) is 11.8 Å². The van der Waals surface area contributed by atoms with Gasteiger partial charge in [0.25, 0.3) is 0 Å². The van der Waals surface area contributed by atoms with E-state index in [2.05, 4.69) is 36.6 Å². The summed E-state index contributed by atoms with van der Waals surface area (Å²) in [6.45, 7) is 2.30. The lowest BCUT2D eigenvalue weighted by molar-refractivity contribution is 0.420. The van der Waals surface area contributed by atoms with Gasteiger partial charge in [0.2, 0.25) is 0 Å². The Morgan fingerprint density at radius 2 is 2.06 bits per heavy atom. The molecule has 0 saturated heterocycles. The maximum absolute atomic E-state index is 6.40. The van der Waals surface area contributed by atoms with E-state index in [0.29, 0.717) is 5.92 Å². The molecule has 1 saturated carbocycles. The molecule has 1 aliphatic rings. The SMILES string of the molecule is CC(C1CC1)C(N)c1csc2ccccc12. The molecule has 2 heteroatoms. The predicted octanol–water partition coefficient (Wildman–Crippen LogP) is 3.95. The second kappa shape index (κ2) is 3.86. The van der Waals surface area contributed by atoms with Crippen molar-refractivity contribution in [3.63, 3.8) is 0 Å². The molecule has 0 amide bonds. The van der Waals surface area contributed by atoms with Crippen LogP contribution in [0.3, 0.4) is 0 Å². The minimum atomic E-state index is 0.212. The van der Waals surface area contributed by atoms with Crippen molar-refractivity contribution < 1.29 is 0 Å². The molecule has 1 aliphatic carbocycles. The van der Waals surface area contributed by atoms with Gasteiger partial charge in [-0.1, -0.05) is 25.1 Å². The molecule has 1 aromatic heterocycles. The first kappa shape index (κ1) is 10.3. The highest BCUT2D eigenvalue weighted by molar-refractivity contribution is 7.17. The zero-order valence-corrected chi connectivity index (χ0v) is 10.3. The fourth-order valence-corrected chi connectivity index (χ4v) is 3.46. The normalized spacial score (nSPS) is 19.9. The molecular weight excluding hydrogens is 214 g/mol. The van der Waals surface area contributed by atoms with Crippen LogP contribution < -0.4 is 5.73 Å². The Morgan fingerprint density at radius 3 is 2.81 bits per heavy atom. The van der Waals surface area contributed by atoms with Crippen molar-refractivity contribution in [2.24, 2.45) is 17.6 Å². The molecule has 0 aliphatic heterocycles. The Labute approximate surface area is 100 Å². The highest BCUT2D eigenvalue weighted by Gasteiger charge is 2.33. The standard InChI is InChI=1S/C14H17NS/c1-9(10-6-7-10)14(15)12-8-16-13-5-3-2-4-11(12)13/h2-5,8-10,14H,6-7,15H2,1H3. The van der Waals surface area contributed by atoms with Gasteiger partial charge in [0.15, 0.2) is 0 Å². The molecule has 2 N–H and O–H groups in total. The van der Waals surface area contributed by atoms with Gasteiger partial charge in [0, 0.05) is 10.7 Å². The zero-order valence-electron chi connectivity index (χ0n) is 9.52. The number of fused-ring (bicyclic) bond motifs is 1. The second-order valence-corrected chi connectivity index (χ2v) is 5.82. The van der Waals surface area contributed by atoms with Gasteiger partial charge in [0.05, 0.1) is 0 Å². The summed E-state index contributed by atoms with van der Waals surface area (Å²) in [5, 5.41) is 3.60. The molecule has 2 unspecified atom stereocenters. The lowest BCUT2D eigenvalue weighted by Gasteiger charge is -2.19. The Morgan fingerprint density at radius 1 is 1.31 bits per heavy atom. The van der Waals surface area contributed by atoms with Crippen LogP contribution in [-0.4, -0.2) is 0 Å². The molecule has 0 spiro atoms. The highest BCUT2D eigenvalue weighted by Crippen LogP contribution is 2.43. The summed E-state index contributed by atoms with van der Waals surface area (Å²) in [5.41, 5.74) is 7.74. The highest BCUT2D eigenvalue weighted by atomic mass is 32.1. The Hall–Kier alpha value is -0.860. The number of hydrogen-bond acceptors (Lipinski definition) is 2. The number of hydrogen-bond donors (Lipinski definition) is 1. The van der Waals surface area contributed by atoms with Crippen molar-refractivity contribution in [1.82, 2.24) is 0 Å². The number of benzene rings is 1. The van der Waals surface area contributed by atoms with Gasteiger partial charge in [-0.15, -0.1) is 11.3 Å². The number of rotatable bonds is 3. The molecule has 1 nitrogen and oxygen atoms in total. The topological polar surface area (TPSA) is 26.0 Å². The lowest BCUT2D eigenvalue weighted by atomic mass is 9.91. The molecule has 1 aromatic carbocycles. The fourth-order valence-electron chi connectivity index (χ4n) is 2.45. The molecule has 0 radical (unpaired) electrons. The monoisotopic (exact) mass is 231 g/mol. The van der Waals surface area contributed by atoms with Gasteiger partial charge in [-0.3, -0.25) is 0 Å². The van der Waals surface area contributed by atoms with Crippen LogP contribution in [0.4, 0.5) is 0 Å². The van der Waals surface area contributed by atoms with Gasteiger partial charge in [0.1, 0.15) is 0 Å². The second-order valence-electron chi connectivity index (χ2n) is 4.91. The van der Waals surface area contributed by atoms with E-state index in [1.807, 2.05) is 11.3 Å². The van der Waals surface area contributed by atoms with E-state index < -0.39 is 0 Å². The maximum atomic E-state index is 6.40. The van der Waals surface area contributed by atoms with Gasteiger partial charge < -0.3 is 5.73 Å². The van der Waals surface area contributed by atoms with Crippen molar-refractivity contribution in [2.45, 2.75) is 25.8 Å². The Kier molecular flexibility index (Phi) is 2.49. The first-order valence-corrected chi connectivity index (χ1v) is 6.87. The van der Waals surface area contributed by atoms with Crippen molar-refractivity contribution in [3.05, 3.63) is 35.2 Å². The van der Waals surface area contributed by atoms with E-state index in [4.69, 9.17) is 5.73 Å². The summed E-state index contributed by atoms with van der Waals surface area (Å²) < 4.78 is 1.36. The molecule has 2 aromatic rings. The first-order chi connectivity index (χ1) is 7.77. The van der Waals surface area contributed by atoms with Crippen LogP contribution in [0.25, 0.3) is 10.1 Å². The van der Waals surface area contributed by atoms with Crippen LogP contribution in [0.2, 0.25) is 0 Å². The number of thiophene rings is 1. The van der Waals surface area contributed by atoms with Crippen LogP contribution in [-0.2, 0) is 0 Å². The molecule has 0 bridgehead atoms. The quantitative estimate of drug-likeness (QED) is 0.850. The summed E-state index contributed by atoms with van der Waals surface area (Å²) in [4.78, 5) is 0. The smallest absolute Gasteiger partial charge is 0.0346 e. The minimum Gasteiger partial charge on any atom is -0.324 e. The average Bonchev–Trinajstić information content (AvgIpc) is 3.07. The first-order valence-electron chi connectivity index (χ1n) is 5.99. The third-order valence-electron chi connectivity index (χ3n) is 3.80. The van der Waals surface area contributed by atoms with Gasteiger partial charge >= 0.3 is 0 Å². The largest absolute Gasteiger partial charge is 0.324 e. The maximum Gasteiger partial charge on any atom is 0.0346 e. The van der Waals surface area contributed by atoms with E-state index >= 15 is 0 Å². The molecule has 1 fully saturated rings. The van der Waals surface area contributed by atoms with E-state index in [1.165, 1.54) is 28.5 Å². The summed E-state index contributed by atoms with van der Waals surface area (Å²) >= 11 is 1.81. The zero-order chi connectivity index (χ0) is 11.1. The van der Waals surface area contributed by atoms with Gasteiger partial charge in [-0.05, 0) is 47.1 Å². The minimum absolute atomic E-state index is 0.212. The average molecular weight is 231 g/mol. The van der Waals surface area contributed by atoms with E-state index in [1.54, 1.807) is 0 Å².